The molecule has 182 valence electrons. The van der Waals surface area contributed by atoms with Gasteiger partial charge in [0.2, 0.25) is 5.91 Å². The third-order valence-electron chi connectivity index (χ3n) is 5.82. The minimum absolute atomic E-state index is 0.0868. The van der Waals surface area contributed by atoms with Crippen LogP contribution in [0.2, 0.25) is 0 Å². The number of ether oxygens (including phenoxy) is 1. The fourth-order valence-corrected chi connectivity index (χ4v) is 4.31. The summed E-state index contributed by atoms with van der Waals surface area (Å²) in [5.41, 5.74) is 4.44. The highest BCUT2D eigenvalue weighted by molar-refractivity contribution is 5.89. The number of amides is 2. The van der Waals surface area contributed by atoms with Crippen LogP contribution in [0, 0.1) is 5.92 Å². The summed E-state index contributed by atoms with van der Waals surface area (Å²) >= 11 is 0. The van der Waals surface area contributed by atoms with Crippen molar-refractivity contribution in [2.45, 2.75) is 38.3 Å². The largest absolute Gasteiger partial charge is 0.480 e. The second kappa shape index (κ2) is 11.2. The van der Waals surface area contributed by atoms with Gasteiger partial charge in [0.15, 0.2) is 0 Å². The van der Waals surface area contributed by atoms with E-state index in [0.29, 0.717) is 6.42 Å². The number of carbonyl (C=O) groups is 3. The Morgan fingerprint density at radius 1 is 0.941 bits per heavy atom. The van der Waals surface area contributed by atoms with Crippen LogP contribution in [0.4, 0.5) is 4.79 Å². The van der Waals surface area contributed by atoms with Crippen molar-refractivity contribution in [2.75, 3.05) is 27.2 Å². The molecule has 3 rings (SSSR count). The van der Waals surface area contributed by atoms with Gasteiger partial charge in [0.05, 0.1) is 0 Å². The Balaban J connectivity index is 1.66. The molecule has 1 aliphatic rings. The van der Waals surface area contributed by atoms with Gasteiger partial charge in [-0.1, -0.05) is 62.4 Å². The molecule has 0 spiro atoms. The van der Waals surface area contributed by atoms with E-state index >= 15 is 0 Å². The van der Waals surface area contributed by atoms with Gasteiger partial charge in [-0.05, 0) is 48.7 Å². The molecule has 2 amide bonds. The van der Waals surface area contributed by atoms with Crippen LogP contribution in [0.25, 0.3) is 11.1 Å². The zero-order chi connectivity index (χ0) is 24.8. The van der Waals surface area contributed by atoms with Crippen LogP contribution < -0.4 is 10.6 Å². The second-order valence-electron chi connectivity index (χ2n) is 9.31. The Morgan fingerprint density at radius 3 is 2.00 bits per heavy atom. The third-order valence-corrected chi connectivity index (χ3v) is 5.82. The Labute approximate surface area is 200 Å². The highest BCUT2D eigenvalue weighted by atomic mass is 16.5. The van der Waals surface area contributed by atoms with Crippen molar-refractivity contribution in [3.63, 3.8) is 0 Å². The molecule has 0 saturated carbocycles. The summed E-state index contributed by atoms with van der Waals surface area (Å²) in [5.74, 6) is -1.67. The third kappa shape index (κ3) is 6.14. The van der Waals surface area contributed by atoms with Crippen LogP contribution in [-0.4, -0.2) is 67.3 Å². The average Bonchev–Trinajstić information content (AvgIpc) is 3.10. The lowest BCUT2D eigenvalue weighted by atomic mass is 9.98. The van der Waals surface area contributed by atoms with Crippen molar-refractivity contribution < 1.29 is 24.2 Å². The Hall–Kier alpha value is -3.39. The first-order chi connectivity index (χ1) is 16.2. The minimum Gasteiger partial charge on any atom is -0.480 e. The number of aliphatic carboxylic acids is 1. The molecule has 0 saturated heterocycles. The molecule has 2 atom stereocenters. The minimum atomic E-state index is -1.10. The quantitative estimate of drug-likeness (QED) is 0.496. The van der Waals surface area contributed by atoms with Crippen LogP contribution in [-0.2, 0) is 14.3 Å². The molecule has 2 unspecified atom stereocenters. The number of hydrogen-bond donors (Lipinski definition) is 3. The van der Waals surface area contributed by atoms with Crippen molar-refractivity contribution in [3.8, 4) is 11.1 Å². The maximum absolute atomic E-state index is 12.8. The maximum atomic E-state index is 12.8. The number of nitrogens with one attached hydrogen (secondary N) is 2. The molecule has 8 heteroatoms. The number of nitrogens with zero attached hydrogens (tertiary/aromatic N) is 1. The number of carbonyl (C=O) groups excluding carboxylic acids is 2. The molecule has 34 heavy (non-hydrogen) atoms. The van der Waals surface area contributed by atoms with E-state index in [1.54, 1.807) is 19.0 Å². The van der Waals surface area contributed by atoms with Gasteiger partial charge in [0.1, 0.15) is 18.7 Å². The van der Waals surface area contributed by atoms with E-state index in [0.717, 1.165) is 22.3 Å². The van der Waals surface area contributed by atoms with Crippen molar-refractivity contribution in [1.82, 2.24) is 15.5 Å². The van der Waals surface area contributed by atoms with Crippen LogP contribution in [0.3, 0.4) is 0 Å². The van der Waals surface area contributed by atoms with Crippen molar-refractivity contribution in [1.29, 1.82) is 0 Å². The van der Waals surface area contributed by atoms with E-state index in [2.05, 4.69) is 22.8 Å². The molecule has 2 aromatic carbocycles. The summed E-state index contributed by atoms with van der Waals surface area (Å²) in [6.07, 6.45) is -0.430. The van der Waals surface area contributed by atoms with E-state index in [4.69, 9.17) is 4.74 Å². The van der Waals surface area contributed by atoms with E-state index < -0.39 is 30.1 Å². The van der Waals surface area contributed by atoms with Crippen LogP contribution in [0.1, 0.15) is 37.3 Å². The molecular weight excluding hydrogens is 434 g/mol. The predicted octanol–water partition coefficient (Wildman–Crippen LogP) is 3.07. The summed E-state index contributed by atoms with van der Waals surface area (Å²) in [4.78, 5) is 38.8. The number of benzene rings is 2. The first-order valence-corrected chi connectivity index (χ1v) is 11.5. The topological polar surface area (TPSA) is 108 Å². The monoisotopic (exact) mass is 467 g/mol. The lowest BCUT2D eigenvalue weighted by Crippen LogP contribution is -2.55. The fourth-order valence-electron chi connectivity index (χ4n) is 4.31. The van der Waals surface area contributed by atoms with Crippen molar-refractivity contribution >= 4 is 18.0 Å². The molecular formula is C26H33N3O5. The highest BCUT2D eigenvalue weighted by Crippen LogP contribution is 2.44. The van der Waals surface area contributed by atoms with E-state index in [1.165, 1.54) is 0 Å². The predicted molar refractivity (Wildman–Crippen MR) is 130 cm³/mol. The molecule has 0 bridgehead atoms. The standard InChI is InChI=1S/C26H33N3O5/c1-16(2)13-22(25(31)32)27-24(30)23(14-29(3)4)28-26(33)34-15-21-19-11-7-5-9-17(19)18-10-6-8-12-20(18)21/h5-12,16,21-23H,13-15H2,1-4H3,(H,27,30)(H,28,33)(H,31,32). The zero-order valence-electron chi connectivity index (χ0n) is 20.1. The number of fused-ring (bicyclic) bond motifs is 3. The number of alkyl carbamates (subject to hydrolysis) is 1. The first-order valence-electron chi connectivity index (χ1n) is 11.5. The summed E-state index contributed by atoms with van der Waals surface area (Å²) in [6, 6.07) is 14.1. The number of rotatable bonds is 10. The van der Waals surface area contributed by atoms with Crippen LogP contribution in [0.5, 0.6) is 0 Å². The average molecular weight is 468 g/mol. The number of hydrogen-bond acceptors (Lipinski definition) is 5. The molecule has 0 heterocycles. The van der Waals surface area contributed by atoms with Gasteiger partial charge in [0, 0.05) is 12.5 Å². The van der Waals surface area contributed by atoms with Gasteiger partial charge >= 0.3 is 12.1 Å². The number of carboxylic acids is 1. The lowest BCUT2D eigenvalue weighted by Gasteiger charge is -2.24. The summed E-state index contributed by atoms with van der Waals surface area (Å²) in [6.45, 7) is 4.09. The summed E-state index contributed by atoms with van der Waals surface area (Å²) < 4.78 is 5.55. The zero-order valence-corrected chi connectivity index (χ0v) is 20.1. The van der Waals surface area contributed by atoms with Crippen molar-refractivity contribution in [2.24, 2.45) is 5.92 Å². The van der Waals surface area contributed by atoms with Gasteiger partial charge in [-0.15, -0.1) is 0 Å². The maximum Gasteiger partial charge on any atom is 0.407 e. The Kier molecular flexibility index (Phi) is 8.28. The molecule has 8 nitrogen and oxygen atoms in total. The Morgan fingerprint density at radius 2 is 1.50 bits per heavy atom. The lowest BCUT2D eigenvalue weighted by molar-refractivity contribution is -0.142. The molecule has 3 N–H and O–H groups in total. The van der Waals surface area contributed by atoms with Crippen LogP contribution >= 0.6 is 0 Å². The summed E-state index contributed by atoms with van der Waals surface area (Å²) in [5, 5.41) is 14.6. The van der Waals surface area contributed by atoms with Gasteiger partial charge in [-0.2, -0.15) is 0 Å². The molecule has 0 fully saturated rings. The van der Waals surface area contributed by atoms with Gasteiger partial charge in [-0.25, -0.2) is 9.59 Å². The van der Waals surface area contributed by atoms with Crippen LogP contribution in [0.15, 0.2) is 48.5 Å². The van der Waals surface area contributed by atoms with E-state index in [-0.39, 0.29) is 25.0 Å². The van der Waals surface area contributed by atoms with Gasteiger partial charge < -0.3 is 25.4 Å². The normalized spacial score (nSPS) is 14.3. The molecule has 1 aliphatic carbocycles. The smallest absolute Gasteiger partial charge is 0.407 e. The number of likely N-dealkylation sites (N-methyl/N-ethyl adjacent to an activating group) is 1. The SMILES string of the molecule is CC(C)CC(NC(=O)C(CN(C)C)NC(=O)OCC1c2ccccc2-c2ccccc21)C(=O)O. The number of carboxylic acid groups (broad SMARTS) is 1. The molecule has 0 aliphatic heterocycles. The van der Waals surface area contributed by atoms with E-state index in [1.807, 2.05) is 50.2 Å². The highest BCUT2D eigenvalue weighted by Gasteiger charge is 2.31. The van der Waals surface area contributed by atoms with E-state index in [9.17, 15) is 19.5 Å². The fraction of sp³-hybridized carbons (Fsp3) is 0.423. The Bertz CT molecular complexity index is 991. The van der Waals surface area contributed by atoms with Gasteiger partial charge in [-0.3, -0.25) is 4.79 Å². The molecule has 2 aromatic rings. The molecule has 0 aromatic heterocycles. The van der Waals surface area contributed by atoms with Gasteiger partial charge in [0.25, 0.3) is 0 Å². The second-order valence-corrected chi connectivity index (χ2v) is 9.31. The molecule has 0 radical (unpaired) electrons. The van der Waals surface area contributed by atoms with Crippen molar-refractivity contribution in [3.05, 3.63) is 59.7 Å². The first kappa shape index (κ1) is 25.2. The summed E-state index contributed by atoms with van der Waals surface area (Å²) in [7, 11) is 3.53.